The second-order valence-electron chi connectivity index (χ2n) is 7.87. The maximum absolute atomic E-state index is 13.4. The number of amides is 1. The van der Waals surface area contributed by atoms with Gasteiger partial charge in [0.15, 0.2) is 5.75 Å². The quantitative estimate of drug-likeness (QED) is 0.203. The zero-order valence-corrected chi connectivity index (χ0v) is 24.6. The molecule has 0 aliphatic carbocycles. The molecule has 0 radical (unpaired) electrons. The largest absolute Gasteiger partial charge is 1.00 e. The van der Waals surface area contributed by atoms with Crippen LogP contribution in [0.15, 0.2) is 75.8 Å². The molecule has 2 N–H and O–H groups in total. The maximum Gasteiger partial charge on any atom is 1.00 e. The van der Waals surface area contributed by atoms with Crippen LogP contribution in [0.1, 0.15) is 15.9 Å². The molecule has 4 aromatic rings. The molecule has 0 saturated heterocycles. The molecular formula is C25H18Cl2N3NaO6S. The van der Waals surface area contributed by atoms with Crippen LogP contribution in [0.3, 0.4) is 0 Å². The first-order valence-corrected chi connectivity index (χ1v) is 12.8. The number of para-hydroxylation sites is 1. The van der Waals surface area contributed by atoms with E-state index in [2.05, 4.69) is 15.5 Å². The fourth-order valence-corrected chi connectivity index (χ4v) is 5.03. The summed E-state index contributed by atoms with van der Waals surface area (Å²) < 4.78 is 38.7. The summed E-state index contributed by atoms with van der Waals surface area (Å²) in [5.41, 5.74) is -0.114. The number of methoxy groups -OCH3 is 1. The van der Waals surface area contributed by atoms with Gasteiger partial charge in [0.1, 0.15) is 10.6 Å². The number of azo groups is 1. The minimum atomic E-state index is -4.70. The average molecular weight is 582 g/mol. The predicted molar refractivity (Wildman–Crippen MR) is 140 cm³/mol. The maximum atomic E-state index is 13.4. The molecule has 0 spiro atoms. The topological polar surface area (TPSA) is 140 Å². The number of hydrogen-bond acceptors (Lipinski definition) is 7. The Kier molecular flexibility index (Phi) is 9.43. The molecule has 4 aromatic carbocycles. The number of anilines is 1. The molecule has 4 rings (SSSR count). The van der Waals surface area contributed by atoms with E-state index in [-0.39, 0.29) is 68.0 Å². The Bertz CT molecular complexity index is 1700. The van der Waals surface area contributed by atoms with Crippen LogP contribution in [0.5, 0.6) is 11.5 Å². The van der Waals surface area contributed by atoms with Gasteiger partial charge in [-0.05, 0) is 48.2 Å². The molecule has 9 nitrogen and oxygen atoms in total. The summed E-state index contributed by atoms with van der Waals surface area (Å²) in [5.74, 6) is -1.30. The van der Waals surface area contributed by atoms with Gasteiger partial charge in [0.25, 0.3) is 16.0 Å². The summed E-state index contributed by atoms with van der Waals surface area (Å²) in [5, 5.41) is 24.9. The van der Waals surface area contributed by atoms with Crippen LogP contribution in [-0.2, 0) is 10.1 Å². The number of ether oxygens (including phenoxy) is 1. The van der Waals surface area contributed by atoms with Crippen molar-refractivity contribution < 1.29 is 57.2 Å². The van der Waals surface area contributed by atoms with Crippen molar-refractivity contribution in [2.75, 3.05) is 12.4 Å². The average Bonchev–Trinajstić information content (AvgIpc) is 2.83. The summed E-state index contributed by atoms with van der Waals surface area (Å²) in [4.78, 5) is 12.6. The molecule has 38 heavy (non-hydrogen) atoms. The number of carbonyl (C=O) groups is 1. The monoisotopic (exact) mass is 581 g/mol. The second-order valence-corrected chi connectivity index (χ2v) is 10.1. The van der Waals surface area contributed by atoms with E-state index in [1.807, 2.05) is 0 Å². The Morgan fingerprint density at radius 1 is 1.00 bits per heavy atom. The zero-order valence-electron chi connectivity index (χ0n) is 20.3. The van der Waals surface area contributed by atoms with Gasteiger partial charge in [-0.15, -0.1) is 5.11 Å². The van der Waals surface area contributed by atoms with Gasteiger partial charge in [-0.3, -0.25) is 9.35 Å². The Hall–Kier alpha value is -2.70. The number of halogens is 2. The van der Waals surface area contributed by atoms with Crippen molar-refractivity contribution in [2.45, 2.75) is 11.8 Å². The van der Waals surface area contributed by atoms with E-state index in [1.165, 1.54) is 25.3 Å². The Labute approximate surface area is 250 Å². The predicted octanol–water partition coefficient (Wildman–Crippen LogP) is 3.46. The summed E-state index contributed by atoms with van der Waals surface area (Å²) in [6.07, 6.45) is 0. The Morgan fingerprint density at radius 2 is 1.68 bits per heavy atom. The standard InChI is InChI=1S/C25H19Cl2N3O6S.Na/c1-13-10-18(27)22(20(11-13)37(33,34)35)30-29-21-15-7-4-3-6-14(15)12-16(23(21)31)25(32)28-19-9-5-8-17(26)24(19)36-2;/h3-12,31H,1-2H3,(H,28,32)(H,33,34,35);/q;+1/p-1. The number of hydrogen-bond donors (Lipinski definition) is 2. The van der Waals surface area contributed by atoms with E-state index in [9.17, 15) is 22.9 Å². The number of rotatable bonds is 6. The molecule has 0 bridgehead atoms. The van der Waals surface area contributed by atoms with Crippen molar-refractivity contribution in [3.8, 4) is 11.5 Å². The third kappa shape index (κ3) is 6.13. The van der Waals surface area contributed by atoms with Crippen LogP contribution in [-0.4, -0.2) is 26.0 Å². The normalized spacial score (nSPS) is 11.4. The fourth-order valence-electron chi connectivity index (χ4n) is 3.68. The van der Waals surface area contributed by atoms with Crippen LogP contribution in [0.25, 0.3) is 10.8 Å². The minimum Gasteiger partial charge on any atom is -0.870 e. The number of fused-ring (bicyclic) bond motifs is 1. The van der Waals surface area contributed by atoms with E-state index in [1.54, 1.807) is 49.4 Å². The fraction of sp³-hybridized carbons (Fsp3) is 0.0800. The number of nitrogens with one attached hydrogen (secondary N) is 1. The van der Waals surface area contributed by atoms with Crippen LogP contribution in [0, 0.1) is 6.92 Å². The van der Waals surface area contributed by atoms with Crippen molar-refractivity contribution in [3.05, 3.63) is 81.8 Å². The molecule has 0 atom stereocenters. The van der Waals surface area contributed by atoms with E-state index in [4.69, 9.17) is 27.9 Å². The van der Waals surface area contributed by atoms with E-state index >= 15 is 0 Å². The van der Waals surface area contributed by atoms with E-state index in [0.717, 1.165) is 0 Å². The smallest absolute Gasteiger partial charge is 0.870 e. The van der Waals surface area contributed by atoms with Crippen molar-refractivity contribution in [2.24, 2.45) is 10.2 Å². The van der Waals surface area contributed by atoms with E-state index in [0.29, 0.717) is 16.3 Å². The minimum absolute atomic E-state index is 0. The summed E-state index contributed by atoms with van der Waals surface area (Å²) in [7, 11) is -3.31. The van der Waals surface area contributed by atoms with Crippen LogP contribution < -0.4 is 44.7 Å². The second kappa shape index (κ2) is 12.0. The third-order valence-electron chi connectivity index (χ3n) is 5.34. The molecule has 0 heterocycles. The molecule has 0 aliphatic rings. The first-order chi connectivity index (χ1) is 17.5. The number of benzene rings is 4. The number of aryl methyl sites for hydroxylation is 1. The van der Waals surface area contributed by atoms with Crippen LogP contribution in [0.2, 0.25) is 10.0 Å². The van der Waals surface area contributed by atoms with Gasteiger partial charge >= 0.3 is 29.6 Å². The van der Waals surface area contributed by atoms with Crippen molar-refractivity contribution in [3.63, 3.8) is 0 Å². The van der Waals surface area contributed by atoms with Crippen molar-refractivity contribution in [1.82, 2.24) is 0 Å². The number of carbonyl (C=O) groups excluding carboxylic acids is 1. The zero-order chi connectivity index (χ0) is 26.9. The molecular weight excluding hydrogens is 564 g/mol. The van der Waals surface area contributed by atoms with Gasteiger partial charge in [0.2, 0.25) is 0 Å². The molecule has 0 saturated carbocycles. The Balaban J connectivity index is 0.00000400. The van der Waals surface area contributed by atoms with Crippen molar-refractivity contribution >= 4 is 67.1 Å². The van der Waals surface area contributed by atoms with Gasteiger partial charge < -0.3 is 15.2 Å². The molecule has 13 heteroatoms. The van der Waals surface area contributed by atoms with Gasteiger partial charge in [-0.1, -0.05) is 59.3 Å². The first-order valence-electron chi connectivity index (χ1n) is 10.6. The molecule has 190 valence electrons. The van der Waals surface area contributed by atoms with Crippen molar-refractivity contribution in [1.29, 1.82) is 0 Å². The third-order valence-corrected chi connectivity index (χ3v) is 6.79. The Morgan fingerprint density at radius 3 is 2.37 bits per heavy atom. The molecule has 1 amide bonds. The van der Waals surface area contributed by atoms with Gasteiger partial charge in [0.05, 0.1) is 28.5 Å². The summed E-state index contributed by atoms with van der Waals surface area (Å²) >= 11 is 12.3. The molecule has 0 unspecified atom stereocenters. The molecule has 0 aromatic heterocycles. The van der Waals surface area contributed by atoms with Gasteiger partial charge in [-0.2, -0.15) is 13.5 Å². The van der Waals surface area contributed by atoms with E-state index < -0.39 is 26.7 Å². The van der Waals surface area contributed by atoms with Crippen LogP contribution >= 0.6 is 23.2 Å². The number of nitrogens with zero attached hydrogens (tertiary/aromatic N) is 2. The van der Waals surface area contributed by atoms with Crippen LogP contribution in [0.4, 0.5) is 17.1 Å². The first kappa shape index (κ1) is 29.9. The molecule has 0 aliphatic heterocycles. The van der Waals surface area contributed by atoms with Gasteiger partial charge in [-0.25, -0.2) is 0 Å². The van der Waals surface area contributed by atoms with Gasteiger partial charge in [0, 0.05) is 10.9 Å². The summed E-state index contributed by atoms with van der Waals surface area (Å²) in [6, 6.07) is 15.4. The SMILES string of the molecule is COc1c(Cl)cccc1NC(=O)c1cc2ccccc2c(N=Nc2c(Cl)cc(C)cc2S(=O)(=O)O)c1[O-].[Na+]. The summed E-state index contributed by atoms with van der Waals surface area (Å²) in [6.45, 7) is 1.59. The molecule has 0 fully saturated rings.